The van der Waals surface area contributed by atoms with Crippen molar-refractivity contribution in [1.29, 1.82) is 0 Å². The number of hydrogen-bond acceptors (Lipinski definition) is 6. The molecular weight excluding hydrogens is 312 g/mol. The fourth-order valence-corrected chi connectivity index (χ4v) is 3.63. The van der Waals surface area contributed by atoms with Crippen molar-refractivity contribution < 1.29 is 9.53 Å². The zero-order chi connectivity index (χ0) is 17.3. The second kappa shape index (κ2) is 6.81. The van der Waals surface area contributed by atoms with E-state index < -0.39 is 5.60 Å². The van der Waals surface area contributed by atoms with Gasteiger partial charge >= 0.3 is 5.97 Å². The van der Waals surface area contributed by atoms with Crippen LogP contribution < -0.4 is 0 Å². The van der Waals surface area contributed by atoms with Crippen LogP contribution in [-0.2, 0) is 21.6 Å². The van der Waals surface area contributed by atoms with Crippen molar-refractivity contribution in [1.82, 2.24) is 19.7 Å². The van der Waals surface area contributed by atoms with Gasteiger partial charge in [-0.3, -0.25) is 9.69 Å². The molecule has 130 valence electrons. The molecule has 2 heterocycles. The third-order valence-electron chi connectivity index (χ3n) is 3.52. The van der Waals surface area contributed by atoms with E-state index in [2.05, 4.69) is 35.8 Å². The summed E-state index contributed by atoms with van der Waals surface area (Å²) >= 11 is 1.80. The van der Waals surface area contributed by atoms with Gasteiger partial charge in [-0.2, -0.15) is 16.9 Å². The van der Waals surface area contributed by atoms with E-state index in [1.165, 1.54) is 0 Å². The molecule has 0 bridgehead atoms. The van der Waals surface area contributed by atoms with Gasteiger partial charge in [-0.15, -0.1) is 0 Å². The van der Waals surface area contributed by atoms with E-state index in [0.29, 0.717) is 6.54 Å². The Morgan fingerprint density at radius 3 is 2.65 bits per heavy atom. The van der Waals surface area contributed by atoms with Gasteiger partial charge in [-0.05, 0) is 41.5 Å². The van der Waals surface area contributed by atoms with E-state index in [0.717, 1.165) is 23.9 Å². The first-order valence-corrected chi connectivity index (χ1v) is 9.17. The van der Waals surface area contributed by atoms with Gasteiger partial charge < -0.3 is 4.74 Å². The minimum Gasteiger partial charge on any atom is -0.459 e. The molecule has 0 saturated carbocycles. The normalized spacial score (nSPS) is 20.5. The second-order valence-electron chi connectivity index (χ2n) is 7.85. The quantitative estimate of drug-likeness (QED) is 0.787. The van der Waals surface area contributed by atoms with E-state index in [1.54, 1.807) is 18.1 Å². The van der Waals surface area contributed by atoms with Gasteiger partial charge in [0.1, 0.15) is 23.8 Å². The summed E-state index contributed by atoms with van der Waals surface area (Å²) in [6, 6.07) is -0.224. The van der Waals surface area contributed by atoms with Crippen molar-refractivity contribution in [2.24, 2.45) is 0 Å². The van der Waals surface area contributed by atoms with Crippen molar-refractivity contribution in [3.63, 3.8) is 0 Å². The summed E-state index contributed by atoms with van der Waals surface area (Å²) in [7, 11) is 0. The highest BCUT2D eigenvalue weighted by Crippen LogP contribution is 2.23. The summed E-state index contributed by atoms with van der Waals surface area (Å²) in [5, 5.41) is 4.34. The minimum atomic E-state index is -0.462. The van der Waals surface area contributed by atoms with Gasteiger partial charge in [-0.1, -0.05) is 0 Å². The molecule has 0 aromatic carbocycles. The Morgan fingerprint density at radius 2 is 2.04 bits per heavy atom. The van der Waals surface area contributed by atoms with Crippen molar-refractivity contribution in [2.45, 2.75) is 65.3 Å². The third-order valence-corrected chi connectivity index (χ3v) is 4.54. The Hall–Kier alpha value is -1.08. The predicted molar refractivity (Wildman–Crippen MR) is 92.4 cm³/mol. The molecule has 1 fully saturated rings. The van der Waals surface area contributed by atoms with Crippen molar-refractivity contribution in [2.75, 3.05) is 18.1 Å². The summed E-state index contributed by atoms with van der Waals surface area (Å²) in [6.07, 6.45) is 1.59. The van der Waals surface area contributed by atoms with Gasteiger partial charge in [0.25, 0.3) is 0 Å². The lowest BCUT2D eigenvalue weighted by Gasteiger charge is -2.35. The topological polar surface area (TPSA) is 60.2 Å². The molecule has 0 radical (unpaired) electrons. The smallest absolute Gasteiger partial charge is 0.324 e. The highest BCUT2D eigenvalue weighted by atomic mass is 32.2. The van der Waals surface area contributed by atoms with Crippen LogP contribution in [0, 0.1) is 0 Å². The minimum absolute atomic E-state index is 0.127. The molecule has 0 amide bonds. The average Bonchev–Trinajstić information content (AvgIpc) is 2.85. The highest BCUT2D eigenvalue weighted by Gasteiger charge is 2.34. The van der Waals surface area contributed by atoms with Gasteiger partial charge in [0.15, 0.2) is 0 Å². The fourth-order valence-electron chi connectivity index (χ4n) is 2.53. The van der Waals surface area contributed by atoms with Crippen LogP contribution in [-0.4, -0.2) is 55.3 Å². The van der Waals surface area contributed by atoms with E-state index >= 15 is 0 Å². The maximum atomic E-state index is 12.5. The molecule has 0 aliphatic carbocycles. The van der Waals surface area contributed by atoms with Crippen LogP contribution in [0.15, 0.2) is 6.33 Å². The van der Waals surface area contributed by atoms with Gasteiger partial charge in [-0.25, -0.2) is 9.67 Å². The molecule has 7 heteroatoms. The molecule has 0 unspecified atom stereocenters. The zero-order valence-electron chi connectivity index (χ0n) is 15.0. The van der Waals surface area contributed by atoms with Gasteiger partial charge in [0, 0.05) is 18.1 Å². The van der Waals surface area contributed by atoms with Crippen LogP contribution in [0.5, 0.6) is 0 Å². The van der Waals surface area contributed by atoms with Crippen LogP contribution in [0.4, 0.5) is 0 Å². The van der Waals surface area contributed by atoms with Gasteiger partial charge in [0.2, 0.25) is 0 Å². The van der Waals surface area contributed by atoms with E-state index in [9.17, 15) is 4.79 Å². The number of nitrogens with zero attached hydrogens (tertiary/aromatic N) is 4. The van der Waals surface area contributed by atoms with E-state index in [4.69, 9.17) is 4.74 Å². The first-order valence-electron chi connectivity index (χ1n) is 8.02. The lowest BCUT2D eigenvalue weighted by atomic mass is 10.1. The molecule has 1 aliphatic heterocycles. The fraction of sp³-hybridized carbons (Fsp3) is 0.812. The largest absolute Gasteiger partial charge is 0.459 e. The molecule has 0 spiro atoms. The molecule has 23 heavy (non-hydrogen) atoms. The third kappa shape index (κ3) is 4.94. The number of carbonyl (C=O) groups is 1. The Labute approximate surface area is 143 Å². The summed E-state index contributed by atoms with van der Waals surface area (Å²) in [5.74, 6) is 2.52. The van der Waals surface area contributed by atoms with Crippen molar-refractivity contribution in [3.8, 4) is 0 Å². The van der Waals surface area contributed by atoms with Crippen molar-refractivity contribution >= 4 is 17.7 Å². The first kappa shape index (κ1) is 18.3. The van der Waals surface area contributed by atoms with Crippen LogP contribution >= 0.6 is 11.8 Å². The van der Waals surface area contributed by atoms with E-state index in [-0.39, 0.29) is 17.6 Å². The maximum Gasteiger partial charge on any atom is 0.324 e. The zero-order valence-corrected chi connectivity index (χ0v) is 15.8. The summed E-state index contributed by atoms with van der Waals surface area (Å²) in [4.78, 5) is 19.1. The number of ether oxygens (including phenoxy) is 1. The van der Waals surface area contributed by atoms with E-state index in [1.807, 2.05) is 25.5 Å². The standard InChI is InChI=1S/C16H28N4O2S/c1-15(2,3)20-13(17-11-18-20)9-19-7-8-23-10-12(19)14(21)22-16(4,5)6/h11-12H,7-10H2,1-6H3/t12-/m0/s1. The SMILES string of the molecule is CC(C)(C)OC(=O)[C@@H]1CSCCN1Cc1ncnn1C(C)(C)C. The predicted octanol–water partition coefficient (Wildman–Crippen LogP) is 2.29. The Bertz CT molecular complexity index is 545. The molecule has 1 aromatic rings. The van der Waals surface area contributed by atoms with Crippen molar-refractivity contribution in [3.05, 3.63) is 12.2 Å². The monoisotopic (exact) mass is 340 g/mol. The molecule has 0 N–H and O–H groups in total. The number of hydrogen-bond donors (Lipinski definition) is 0. The molecule has 1 aliphatic rings. The van der Waals surface area contributed by atoms with Crippen LogP contribution in [0.1, 0.15) is 47.4 Å². The summed E-state index contributed by atoms with van der Waals surface area (Å²) in [6.45, 7) is 13.5. The summed E-state index contributed by atoms with van der Waals surface area (Å²) in [5.41, 5.74) is -0.589. The molecule has 2 rings (SSSR count). The lowest BCUT2D eigenvalue weighted by Crippen LogP contribution is -2.49. The van der Waals surface area contributed by atoms with Crippen LogP contribution in [0.2, 0.25) is 0 Å². The Kier molecular flexibility index (Phi) is 5.41. The Morgan fingerprint density at radius 1 is 1.35 bits per heavy atom. The number of aromatic nitrogens is 3. The van der Waals surface area contributed by atoms with Gasteiger partial charge in [0.05, 0.1) is 12.1 Å². The number of carbonyl (C=O) groups excluding carboxylic acids is 1. The first-order chi connectivity index (χ1) is 10.6. The molecule has 1 aromatic heterocycles. The number of esters is 1. The molecular formula is C16H28N4O2S. The second-order valence-corrected chi connectivity index (χ2v) is 9.00. The number of thioether (sulfide) groups is 1. The molecule has 1 atom stereocenters. The number of rotatable bonds is 3. The molecule has 1 saturated heterocycles. The lowest BCUT2D eigenvalue weighted by molar-refractivity contribution is -0.160. The van der Waals surface area contributed by atoms with Crippen LogP contribution in [0.3, 0.4) is 0 Å². The maximum absolute atomic E-state index is 12.5. The average molecular weight is 340 g/mol. The summed E-state index contributed by atoms with van der Waals surface area (Å²) < 4.78 is 7.52. The van der Waals surface area contributed by atoms with Crippen LogP contribution in [0.25, 0.3) is 0 Å². The highest BCUT2D eigenvalue weighted by molar-refractivity contribution is 7.99. The molecule has 6 nitrogen and oxygen atoms in total. The Balaban J connectivity index is 2.13.